The van der Waals surface area contributed by atoms with Crippen LogP contribution >= 0.6 is 0 Å². The molecule has 6 heteroatoms. The molecule has 2 aromatic carbocycles. The molecule has 5 nitrogen and oxygen atoms in total. The van der Waals surface area contributed by atoms with Crippen LogP contribution in [0.3, 0.4) is 0 Å². The largest absolute Gasteiger partial charge is 0.355 e. The summed E-state index contributed by atoms with van der Waals surface area (Å²) < 4.78 is 27.4. The van der Waals surface area contributed by atoms with Gasteiger partial charge < -0.3 is 5.32 Å². The van der Waals surface area contributed by atoms with Gasteiger partial charge in [0.25, 0.3) is 0 Å². The molecule has 1 aliphatic heterocycles. The predicted octanol–water partition coefficient (Wildman–Crippen LogP) is 2.08. The topological polar surface area (TPSA) is 66.5 Å². The van der Waals surface area contributed by atoms with Gasteiger partial charge in [0.05, 0.1) is 11.8 Å². The third-order valence-corrected chi connectivity index (χ3v) is 5.96. The highest BCUT2D eigenvalue weighted by molar-refractivity contribution is 7.88. The van der Waals surface area contributed by atoms with Crippen LogP contribution < -0.4 is 5.32 Å². The van der Waals surface area contributed by atoms with Crippen molar-refractivity contribution >= 4 is 15.9 Å². The summed E-state index contributed by atoms with van der Waals surface area (Å²) in [6.07, 6.45) is 0.137. The second-order valence-electron chi connectivity index (χ2n) is 5.83. The molecule has 0 radical (unpaired) electrons. The van der Waals surface area contributed by atoms with E-state index < -0.39 is 16.1 Å². The van der Waals surface area contributed by atoms with E-state index in [1.54, 1.807) is 12.1 Å². The molecule has 24 heavy (non-hydrogen) atoms. The molecule has 3 rings (SSSR count). The fourth-order valence-electron chi connectivity index (χ4n) is 2.97. The Labute approximate surface area is 142 Å². The summed E-state index contributed by atoms with van der Waals surface area (Å²) >= 11 is 0. The van der Waals surface area contributed by atoms with Crippen LogP contribution in [-0.2, 0) is 20.6 Å². The molecule has 1 heterocycles. The molecule has 1 unspecified atom stereocenters. The van der Waals surface area contributed by atoms with Crippen LogP contribution in [0.4, 0.5) is 0 Å². The van der Waals surface area contributed by atoms with Crippen molar-refractivity contribution in [1.29, 1.82) is 0 Å². The number of rotatable bonds is 4. The summed E-state index contributed by atoms with van der Waals surface area (Å²) in [6.45, 7) is 0.608. The quantitative estimate of drug-likeness (QED) is 0.923. The van der Waals surface area contributed by atoms with E-state index in [0.29, 0.717) is 6.54 Å². The second-order valence-corrected chi connectivity index (χ2v) is 7.75. The normalized spacial score (nSPS) is 19.5. The molecule has 2 aromatic rings. The highest BCUT2D eigenvalue weighted by Crippen LogP contribution is 2.29. The molecule has 0 saturated carbocycles. The molecule has 1 saturated heterocycles. The molecular weight excluding hydrogens is 324 g/mol. The first-order chi connectivity index (χ1) is 11.6. The molecule has 1 atom stereocenters. The zero-order chi connectivity index (χ0) is 17.0. The minimum absolute atomic E-state index is 0.0641. The third-order valence-electron chi connectivity index (χ3n) is 4.11. The van der Waals surface area contributed by atoms with Crippen LogP contribution in [0.5, 0.6) is 0 Å². The zero-order valence-corrected chi connectivity index (χ0v) is 14.1. The lowest BCUT2D eigenvalue weighted by atomic mass is 10.0. The Morgan fingerprint density at radius 1 is 1.00 bits per heavy atom. The number of carbonyl (C=O) groups excluding carboxylic acids is 1. The third kappa shape index (κ3) is 3.83. The first-order valence-corrected chi connectivity index (χ1v) is 9.52. The van der Waals surface area contributed by atoms with Crippen LogP contribution in [-0.4, -0.2) is 31.7 Å². The van der Waals surface area contributed by atoms with Crippen LogP contribution in [0.25, 0.3) is 0 Å². The van der Waals surface area contributed by atoms with Crippen molar-refractivity contribution in [2.45, 2.75) is 18.2 Å². The van der Waals surface area contributed by atoms with Crippen molar-refractivity contribution < 1.29 is 13.2 Å². The molecular formula is C18H20N2O3S. The first kappa shape index (κ1) is 16.7. The van der Waals surface area contributed by atoms with E-state index >= 15 is 0 Å². The van der Waals surface area contributed by atoms with Gasteiger partial charge in [-0.15, -0.1) is 0 Å². The Balaban J connectivity index is 1.93. The molecule has 1 fully saturated rings. The number of nitrogens with one attached hydrogen (secondary N) is 1. The number of hydrogen-bond donors (Lipinski definition) is 1. The van der Waals surface area contributed by atoms with E-state index in [1.165, 1.54) is 4.31 Å². The van der Waals surface area contributed by atoms with Crippen molar-refractivity contribution in [3.8, 4) is 0 Å². The average Bonchev–Trinajstić information content (AvgIpc) is 2.78. The number of amides is 1. The SMILES string of the molecule is O=C1CC(c2ccccc2)N(S(=O)(=O)Cc2ccccc2)CCN1. The van der Waals surface area contributed by atoms with Gasteiger partial charge in [0.2, 0.25) is 15.9 Å². The van der Waals surface area contributed by atoms with Crippen LogP contribution in [0, 0.1) is 0 Å². The van der Waals surface area contributed by atoms with Gasteiger partial charge in [-0.25, -0.2) is 8.42 Å². The molecule has 1 aliphatic rings. The van der Waals surface area contributed by atoms with E-state index in [9.17, 15) is 13.2 Å². The molecule has 1 N–H and O–H groups in total. The summed E-state index contributed by atoms with van der Waals surface area (Å²) in [5, 5.41) is 2.77. The summed E-state index contributed by atoms with van der Waals surface area (Å²) in [5.41, 5.74) is 1.58. The van der Waals surface area contributed by atoms with Gasteiger partial charge in [0.15, 0.2) is 0 Å². The Bertz CT molecular complexity index is 792. The summed E-state index contributed by atoms with van der Waals surface area (Å²) in [7, 11) is -3.54. The average molecular weight is 344 g/mol. The monoisotopic (exact) mass is 344 g/mol. The van der Waals surface area contributed by atoms with E-state index in [0.717, 1.165) is 11.1 Å². The zero-order valence-electron chi connectivity index (χ0n) is 13.3. The maximum atomic E-state index is 13.0. The van der Waals surface area contributed by atoms with Crippen molar-refractivity contribution in [3.05, 3.63) is 71.8 Å². The second kappa shape index (κ2) is 7.15. The number of carbonyl (C=O) groups is 1. The van der Waals surface area contributed by atoms with Gasteiger partial charge >= 0.3 is 0 Å². The Kier molecular flexibility index (Phi) is 4.97. The summed E-state index contributed by atoms with van der Waals surface area (Å²) in [5.74, 6) is -0.188. The van der Waals surface area contributed by atoms with Gasteiger partial charge in [-0.3, -0.25) is 4.79 Å². The first-order valence-electron chi connectivity index (χ1n) is 7.91. The van der Waals surface area contributed by atoms with Crippen molar-refractivity contribution in [3.63, 3.8) is 0 Å². The Hall–Kier alpha value is -2.18. The van der Waals surface area contributed by atoms with Crippen molar-refractivity contribution in [1.82, 2.24) is 9.62 Å². The number of hydrogen-bond acceptors (Lipinski definition) is 3. The Morgan fingerprint density at radius 2 is 1.62 bits per heavy atom. The van der Waals surface area contributed by atoms with E-state index in [1.807, 2.05) is 48.5 Å². The van der Waals surface area contributed by atoms with E-state index in [4.69, 9.17) is 0 Å². The highest BCUT2D eigenvalue weighted by Gasteiger charge is 2.34. The predicted molar refractivity (Wildman–Crippen MR) is 92.6 cm³/mol. The maximum Gasteiger partial charge on any atom is 0.222 e. The van der Waals surface area contributed by atoms with E-state index in [-0.39, 0.29) is 24.6 Å². The Morgan fingerprint density at radius 3 is 2.29 bits per heavy atom. The molecule has 126 valence electrons. The van der Waals surface area contributed by atoms with Gasteiger partial charge in [-0.05, 0) is 11.1 Å². The standard InChI is InChI=1S/C18H20N2O3S/c21-18-13-17(16-9-5-2-6-10-16)20(12-11-19-18)24(22,23)14-15-7-3-1-4-8-15/h1-10,17H,11-14H2,(H,19,21). The summed E-state index contributed by atoms with van der Waals surface area (Å²) in [6, 6.07) is 18.0. The van der Waals surface area contributed by atoms with Crippen molar-refractivity contribution in [2.24, 2.45) is 0 Å². The van der Waals surface area contributed by atoms with Crippen molar-refractivity contribution in [2.75, 3.05) is 13.1 Å². The van der Waals surface area contributed by atoms with Crippen LogP contribution in [0.15, 0.2) is 60.7 Å². The van der Waals surface area contributed by atoms with Crippen LogP contribution in [0.2, 0.25) is 0 Å². The van der Waals surface area contributed by atoms with Crippen LogP contribution in [0.1, 0.15) is 23.6 Å². The minimum Gasteiger partial charge on any atom is -0.355 e. The van der Waals surface area contributed by atoms with Gasteiger partial charge in [0, 0.05) is 19.5 Å². The van der Waals surface area contributed by atoms with E-state index in [2.05, 4.69) is 5.32 Å². The van der Waals surface area contributed by atoms with Gasteiger partial charge in [0.1, 0.15) is 0 Å². The fraction of sp³-hybridized carbons (Fsp3) is 0.278. The lowest BCUT2D eigenvalue weighted by Gasteiger charge is -2.28. The minimum atomic E-state index is -3.54. The molecule has 0 spiro atoms. The molecule has 0 aromatic heterocycles. The number of benzene rings is 2. The number of nitrogens with zero attached hydrogens (tertiary/aromatic N) is 1. The fourth-order valence-corrected chi connectivity index (χ4v) is 4.70. The highest BCUT2D eigenvalue weighted by atomic mass is 32.2. The molecule has 1 amide bonds. The molecule has 0 bridgehead atoms. The molecule has 0 aliphatic carbocycles. The lowest BCUT2D eigenvalue weighted by Crippen LogP contribution is -2.37. The maximum absolute atomic E-state index is 13.0. The number of sulfonamides is 1. The summed E-state index contributed by atoms with van der Waals surface area (Å²) in [4.78, 5) is 12.0. The van der Waals surface area contributed by atoms with Gasteiger partial charge in [-0.1, -0.05) is 60.7 Å². The lowest BCUT2D eigenvalue weighted by molar-refractivity contribution is -0.121. The smallest absolute Gasteiger partial charge is 0.222 e. The van der Waals surface area contributed by atoms with Gasteiger partial charge in [-0.2, -0.15) is 4.31 Å².